The first-order valence-electron chi connectivity index (χ1n) is 9.83. The molecule has 1 N–H and O–H groups in total. The molecule has 0 radical (unpaired) electrons. The number of nitrogens with zero attached hydrogens (tertiary/aromatic N) is 4. The molecule has 0 spiro atoms. The van der Waals surface area contributed by atoms with Gasteiger partial charge in [-0.3, -0.25) is 4.79 Å². The van der Waals surface area contributed by atoms with Crippen molar-refractivity contribution in [3.8, 4) is 5.69 Å². The summed E-state index contributed by atoms with van der Waals surface area (Å²) in [6.07, 6.45) is 3.20. The maximum Gasteiger partial charge on any atom is 0.337 e. The molecule has 2 aromatic carbocycles. The van der Waals surface area contributed by atoms with Gasteiger partial charge in [0.05, 0.1) is 35.7 Å². The Labute approximate surface area is 189 Å². The molecule has 0 bridgehead atoms. The van der Waals surface area contributed by atoms with Crippen molar-refractivity contribution in [2.75, 3.05) is 18.2 Å². The fourth-order valence-electron chi connectivity index (χ4n) is 3.30. The van der Waals surface area contributed by atoms with Gasteiger partial charge in [-0.1, -0.05) is 29.5 Å². The van der Waals surface area contributed by atoms with Gasteiger partial charge in [-0.25, -0.2) is 19.4 Å². The maximum atomic E-state index is 12.4. The second-order valence-corrected chi connectivity index (χ2v) is 8.13. The van der Waals surface area contributed by atoms with Crippen LogP contribution in [0.4, 0.5) is 5.69 Å². The lowest BCUT2D eigenvalue weighted by Gasteiger charge is -2.08. The second-order valence-electron chi connectivity index (χ2n) is 7.17. The maximum absolute atomic E-state index is 12.4. The lowest BCUT2D eigenvalue weighted by Crippen LogP contribution is -2.14. The summed E-state index contributed by atoms with van der Waals surface area (Å²) in [7, 11) is 1.32. The van der Waals surface area contributed by atoms with Crippen molar-refractivity contribution in [2.45, 2.75) is 18.9 Å². The first-order chi connectivity index (χ1) is 15.5. The Morgan fingerprint density at radius 2 is 1.88 bits per heavy atom. The van der Waals surface area contributed by atoms with E-state index in [1.807, 2.05) is 26.0 Å². The fraction of sp³-hybridized carbons (Fsp3) is 0.174. The van der Waals surface area contributed by atoms with Crippen LogP contribution in [0.15, 0.2) is 60.0 Å². The van der Waals surface area contributed by atoms with Gasteiger partial charge >= 0.3 is 5.97 Å². The summed E-state index contributed by atoms with van der Waals surface area (Å²) in [5, 5.41) is 8.78. The van der Waals surface area contributed by atoms with E-state index in [4.69, 9.17) is 0 Å². The largest absolute Gasteiger partial charge is 0.465 e. The predicted octanol–water partition coefficient (Wildman–Crippen LogP) is 3.95. The van der Waals surface area contributed by atoms with Crippen molar-refractivity contribution in [3.63, 3.8) is 0 Å². The molecule has 4 rings (SSSR count). The molecule has 0 aliphatic carbocycles. The number of fused-ring (bicyclic) bond motifs is 1. The van der Waals surface area contributed by atoms with E-state index in [0.29, 0.717) is 21.9 Å². The zero-order valence-corrected chi connectivity index (χ0v) is 18.6. The number of aromatic nitrogens is 4. The standard InChI is InChI=1S/C23H21N5O3S/c1-14-4-9-19(15(2)10-14)28-21-18(11-26-28)22(25-13-24-21)32-12-20(29)27-17-7-5-16(6-8-17)23(30)31-3/h4-11,13H,12H2,1-3H3,(H,27,29). The summed E-state index contributed by atoms with van der Waals surface area (Å²) in [5.74, 6) is -0.443. The molecule has 2 heterocycles. The Morgan fingerprint density at radius 1 is 1.09 bits per heavy atom. The number of aryl methyl sites for hydroxylation is 2. The Balaban J connectivity index is 1.47. The molecule has 9 heteroatoms. The Kier molecular flexibility index (Phi) is 6.18. The third kappa shape index (κ3) is 4.47. The van der Waals surface area contributed by atoms with E-state index < -0.39 is 5.97 Å². The summed E-state index contributed by atoms with van der Waals surface area (Å²) in [6.45, 7) is 4.09. The zero-order chi connectivity index (χ0) is 22.7. The number of hydrogen-bond acceptors (Lipinski definition) is 7. The van der Waals surface area contributed by atoms with Crippen molar-refractivity contribution in [3.05, 3.63) is 71.7 Å². The summed E-state index contributed by atoms with van der Waals surface area (Å²) in [6, 6.07) is 12.7. The van der Waals surface area contributed by atoms with Crippen LogP contribution in [0.5, 0.6) is 0 Å². The number of anilines is 1. The van der Waals surface area contributed by atoms with E-state index in [2.05, 4.69) is 31.2 Å². The Bertz CT molecular complexity index is 1300. The number of nitrogens with one attached hydrogen (secondary N) is 1. The van der Waals surface area contributed by atoms with Crippen LogP contribution in [0.25, 0.3) is 16.7 Å². The van der Waals surface area contributed by atoms with Gasteiger partial charge in [0.25, 0.3) is 0 Å². The first kappa shape index (κ1) is 21.5. The minimum Gasteiger partial charge on any atom is -0.465 e. The highest BCUT2D eigenvalue weighted by atomic mass is 32.2. The lowest BCUT2D eigenvalue weighted by molar-refractivity contribution is -0.113. The number of esters is 1. The van der Waals surface area contributed by atoms with Gasteiger partial charge in [-0.2, -0.15) is 5.10 Å². The third-order valence-corrected chi connectivity index (χ3v) is 5.84. The number of methoxy groups -OCH3 is 1. The molecular weight excluding hydrogens is 426 g/mol. The molecule has 0 unspecified atom stereocenters. The molecule has 32 heavy (non-hydrogen) atoms. The van der Waals surface area contributed by atoms with Crippen molar-refractivity contribution >= 4 is 40.4 Å². The van der Waals surface area contributed by atoms with Crippen LogP contribution in [0.1, 0.15) is 21.5 Å². The van der Waals surface area contributed by atoms with Crippen molar-refractivity contribution in [1.29, 1.82) is 0 Å². The highest BCUT2D eigenvalue weighted by Gasteiger charge is 2.14. The average molecular weight is 448 g/mol. The highest BCUT2D eigenvalue weighted by Crippen LogP contribution is 2.27. The molecule has 0 saturated heterocycles. The molecule has 4 aromatic rings. The minimum atomic E-state index is -0.424. The molecule has 0 atom stereocenters. The van der Waals surface area contributed by atoms with E-state index in [9.17, 15) is 9.59 Å². The molecule has 0 saturated carbocycles. The Morgan fingerprint density at radius 3 is 2.59 bits per heavy atom. The molecular formula is C23H21N5O3S. The van der Waals surface area contributed by atoms with E-state index in [1.165, 1.54) is 30.8 Å². The third-order valence-electron chi connectivity index (χ3n) is 4.84. The predicted molar refractivity (Wildman–Crippen MR) is 123 cm³/mol. The zero-order valence-electron chi connectivity index (χ0n) is 17.8. The fourth-order valence-corrected chi connectivity index (χ4v) is 4.06. The number of hydrogen-bond donors (Lipinski definition) is 1. The number of ether oxygens (including phenoxy) is 1. The number of amides is 1. The van der Waals surface area contributed by atoms with Crippen LogP contribution in [0, 0.1) is 13.8 Å². The molecule has 0 aliphatic heterocycles. The van der Waals surface area contributed by atoms with Crippen molar-refractivity contribution in [2.24, 2.45) is 0 Å². The number of rotatable bonds is 6. The van der Waals surface area contributed by atoms with Crippen molar-refractivity contribution in [1.82, 2.24) is 19.7 Å². The van der Waals surface area contributed by atoms with Crippen LogP contribution in [-0.2, 0) is 9.53 Å². The molecule has 1 amide bonds. The monoisotopic (exact) mass is 447 g/mol. The lowest BCUT2D eigenvalue weighted by atomic mass is 10.1. The average Bonchev–Trinajstić information content (AvgIpc) is 3.22. The smallest absolute Gasteiger partial charge is 0.337 e. The topological polar surface area (TPSA) is 99.0 Å². The number of carbonyl (C=O) groups excluding carboxylic acids is 2. The van der Waals surface area contributed by atoms with Gasteiger partial charge in [-0.15, -0.1) is 0 Å². The second kappa shape index (κ2) is 9.19. The van der Waals surface area contributed by atoms with Crippen LogP contribution in [0.3, 0.4) is 0 Å². The minimum absolute atomic E-state index is 0.166. The summed E-state index contributed by atoms with van der Waals surface area (Å²) >= 11 is 1.31. The molecule has 0 fully saturated rings. The van der Waals surface area contributed by atoms with Gasteiger partial charge in [0, 0.05) is 5.69 Å². The van der Waals surface area contributed by atoms with Crippen molar-refractivity contribution < 1.29 is 14.3 Å². The van der Waals surface area contributed by atoms with Gasteiger partial charge in [0.1, 0.15) is 11.4 Å². The number of benzene rings is 2. The van der Waals surface area contributed by atoms with E-state index >= 15 is 0 Å². The van der Waals surface area contributed by atoms with Crippen LogP contribution < -0.4 is 5.32 Å². The molecule has 162 valence electrons. The molecule has 8 nitrogen and oxygen atoms in total. The van der Waals surface area contributed by atoms with Gasteiger partial charge in [0.2, 0.25) is 5.91 Å². The van der Waals surface area contributed by atoms with Gasteiger partial charge in [0.15, 0.2) is 5.65 Å². The highest BCUT2D eigenvalue weighted by molar-refractivity contribution is 8.00. The van der Waals surface area contributed by atoms with E-state index in [0.717, 1.165) is 16.6 Å². The number of carbonyl (C=O) groups is 2. The molecule has 2 aromatic heterocycles. The first-order valence-corrected chi connectivity index (χ1v) is 10.8. The Hall–Kier alpha value is -3.72. The van der Waals surface area contributed by atoms with Gasteiger partial charge in [-0.05, 0) is 49.7 Å². The van der Waals surface area contributed by atoms with E-state index in [-0.39, 0.29) is 11.7 Å². The number of thioether (sulfide) groups is 1. The summed E-state index contributed by atoms with van der Waals surface area (Å²) in [4.78, 5) is 32.7. The van der Waals surface area contributed by atoms with E-state index in [1.54, 1.807) is 35.1 Å². The molecule has 0 aliphatic rings. The summed E-state index contributed by atoms with van der Waals surface area (Å²) in [5.41, 5.74) is 4.93. The normalized spacial score (nSPS) is 10.8. The van der Waals surface area contributed by atoms with Crippen LogP contribution >= 0.6 is 11.8 Å². The summed E-state index contributed by atoms with van der Waals surface area (Å²) < 4.78 is 6.46. The van der Waals surface area contributed by atoms with Crippen LogP contribution in [-0.4, -0.2) is 44.5 Å². The van der Waals surface area contributed by atoms with Gasteiger partial charge < -0.3 is 10.1 Å². The quantitative estimate of drug-likeness (QED) is 0.271. The SMILES string of the molecule is COC(=O)c1ccc(NC(=O)CSc2ncnc3c2cnn3-c2ccc(C)cc2C)cc1. The van der Waals surface area contributed by atoms with Crippen LogP contribution in [0.2, 0.25) is 0 Å².